The average molecular weight is 353 g/mol. The van der Waals surface area contributed by atoms with E-state index in [0.717, 1.165) is 18.1 Å². The van der Waals surface area contributed by atoms with Gasteiger partial charge in [-0.1, -0.05) is 18.2 Å². The SMILES string of the molecule is Cl.NCc1ccc(C(=O)NC2(c3ccc(F)cc3F)CCC2)cc1. The molecule has 3 N–H and O–H groups in total. The molecule has 2 aromatic carbocycles. The Bertz CT molecular complexity index is 730. The highest BCUT2D eigenvalue weighted by Crippen LogP contribution is 2.42. The number of hydrogen-bond acceptors (Lipinski definition) is 2. The van der Waals surface area contributed by atoms with E-state index in [0.29, 0.717) is 30.5 Å². The first-order valence-corrected chi connectivity index (χ1v) is 7.61. The van der Waals surface area contributed by atoms with Gasteiger partial charge in [0.05, 0.1) is 5.54 Å². The van der Waals surface area contributed by atoms with Crippen molar-refractivity contribution < 1.29 is 13.6 Å². The summed E-state index contributed by atoms with van der Waals surface area (Å²) in [7, 11) is 0. The Kier molecular flexibility index (Phi) is 5.57. The van der Waals surface area contributed by atoms with Crippen molar-refractivity contribution in [2.75, 3.05) is 0 Å². The molecule has 6 heteroatoms. The lowest BCUT2D eigenvalue weighted by Crippen LogP contribution is -2.51. The summed E-state index contributed by atoms with van der Waals surface area (Å²) >= 11 is 0. The summed E-state index contributed by atoms with van der Waals surface area (Å²) in [5.74, 6) is -1.51. The smallest absolute Gasteiger partial charge is 0.251 e. The van der Waals surface area contributed by atoms with Crippen LogP contribution in [0.1, 0.15) is 40.7 Å². The van der Waals surface area contributed by atoms with E-state index < -0.39 is 17.2 Å². The zero-order chi connectivity index (χ0) is 16.4. The molecular weight excluding hydrogens is 334 g/mol. The number of carbonyl (C=O) groups is 1. The van der Waals surface area contributed by atoms with Gasteiger partial charge in [-0.15, -0.1) is 12.4 Å². The second kappa shape index (κ2) is 7.28. The number of amides is 1. The minimum atomic E-state index is -0.749. The number of hydrogen-bond donors (Lipinski definition) is 2. The standard InChI is InChI=1S/C18H18F2N2O.ClH/c19-14-6-7-15(16(20)10-14)18(8-1-9-18)22-17(23)13-4-2-12(11-21)3-5-13;/h2-7,10H,1,8-9,11,21H2,(H,22,23);1H. The van der Waals surface area contributed by atoms with Crippen LogP contribution >= 0.6 is 12.4 Å². The molecule has 1 saturated carbocycles. The number of nitrogens with one attached hydrogen (secondary N) is 1. The van der Waals surface area contributed by atoms with Crippen LogP contribution in [0.5, 0.6) is 0 Å². The molecule has 128 valence electrons. The molecule has 0 bridgehead atoms. The Morgan fingerprint density at radius 3 is 2.29 bits per heavy atom. The third-order valence-electron chi connectivity index (χ3n) is 4.46. The van der Waals surface area contributed by atoms with Crippen molar-refractivity contribution in [3.63, 3.8) is 0 Å². The highest BCUT2D eigenvalue weighted by atomic mass is 35.5. The van der Waals surface area contributed by atoms with E-state index in [4.69, 9.17) is 5.73 Å². The van der Waals surface area contributed by atoms with Crippen molar-refractivity contribution in [1.29, 1.82) is 0 Å². The average Bonchev–Trinajstić information content (AvgIpc) is 2.51. The molecule has 2 aromatic rings. The van der Waals surface area contributed by atoms with Gasteiger partial charge in [0, 0.05) is 23.7 Å². The molecule has 0 atom stereocenters. The largest absolute Gasteiger partial charge is 0.342 e. The van der Waals surface area contributed by atoms with Crippen molar-refractivity contribution in [2.24, 2.45) is 5.73 Å². The number of halogens is 3. The summed E-state index contributed by atoms with van der Waals surface area (Å²) in [5, 5.41) is 2.93. The van der Waals surface area contributed by atoms with E-state index in [2.05, 4.69) is 5.32 Å². The highest BCUT2D eigenvalue weighted by molar-refractivity contribution is 5.94. The summed E-state index contributed by atoms with van der Waals surface area (Å²) in [6, 6.07) is 10.5. The van der Waals surface area contributed by atoms with E-state index in [1.54, 1.807) is 24.3 Å². The highest BCUT2D eigenvalue weighted by Gasteiger charge is 2.42. The van der Waals surface area contributed by atoms with Gasteiger partial charge in [0.25, 0.3) is 5.91 Å². The number of rotatable bonds is 4. The Morgan fingerprint density at radius 2 is 1.79 bits per heavy atom. The van der Waals surface area contributed by atoms with E-state index in [1.807, 2.05) is 0 Å². The summed E-state index contributed by atoms with van der Waals surface area (Å²) in [6.07, 6.45) is 2.17. The molecule has 1 aliphatic carbocycles. The van der Waals surface area contributed by atoms with Gasteiger partial charge < -0.3 is 11.1 Å². The predicted molar refractivity (Wildman–Crippen MR) is 90.9 cm³/mol. The van der Waals surface area contributed by atoms with Crippen molar-refractivity contribution in [1.82, 2.24) is 5.32 Å². The Balaban J connectivity index is 0.00000208. The van der Waals surface area contributed by atoms with Gasteiger partial charge in [0.15, 0.2) is 0 Å². The fourth-order valence-electron chi connectivity index (χ4n) is 2.95. The van der Waals surface area contributed by atoms with Gasteiger partial charge >= 0.3 is 0 Å². The lowest BCUT2D eigenvalue weighted by Gasteiger charge is -2.43. The maximum atomic E-state index is 14.1. The molecule has 1 amide bonds. The van der Waals surface area contributed by atoms with Crippen LogP contribution in [0.2, 0.25) is 0 Å². The van der Waals surface area contributed by atoms with Gasteiger partial charge in [-0.25, -0.2) is 8.78 Å². The van der Waals surface area contributed by atoms with Crippen LogP contribution in [0.3, 0.4) is 0 Å². The van der Waals surface area contributed by atoms with Gasteiger partial charge in [0.1, 0.15) is 11.6 Å². The van der Waals surface area contributed by atoms with Gasteiger partial charge in [-0.05, 0) is 43.0 Å². The molecular formula is C18H19ClF2N2O. The number of carbonyl (C=O) groups excluding carboxylic acids is 1. The molecule has 0 spiro atoms. The fraction of sp³-hybridized carbons (Fsp3) is 0.278. The van der Waals surface area contributed by atoms with E-state index >= 15 is 0 Å². The zero-order valence-corrected chi connectivity index (χ0v) is 13.8. The zero-order valence-electron chi connectivity index (χ0n) is 13.0. The van der Waals surface area contributed by atoms with Crippen LogP contribution in [-0.2, 0) is 12.1 Å². The summed E-state index contributed by atoms with van der Waals surface area (Å²) < 4.78 is 27.2. The Morgan fingerprint density at radius 1 is 1.12 bits per heavy atom. The molecule has 0 aromatic heterocycles. The fourth-order valence-corrected chi connectivity index (χ4v) is 2.95. The maximum Gasteiger partial charge on any atom is 0.251 e. The molecule has 24 heavy (non-hydrogen) atoms. The molecule has 3 nitrogen and oxygen atoms in total. The summed E-state index contributed by atoms with van der Waals surface area (Å²) in [6.45, 7) is 0.409. The van der Waals surface area contributed by atoms with E-state index in [9.17, 15) is 13.6 Å². The molecule has 1 fully saturated rings. The lowest BCUT2D eigenvalue weighted by molar-refractivity contribution is 0.0818. The molecule has 0 radical (unpaired) electrons. The van der Waals surface area contributed by atoms with Crippen LogP contribution in [0.15, 0.2) is 42.5 Å². The van der Waals surface area contributed by atoms with Crippen molar-refractivity contribution >= 4 is 18.3 Å². The minimum Gasteiger partial charge on any atom is -0.342 e. The maximum absolute atomic E-state index is 14.1. The van der Waals surface area contributed by atoms with Crippen LogP contribution in [0.25, 0.3) is 0 Å². The second-order valence-electron chi connectivity index (χ2n) is 5.92. The third kappa shape index (κ3) is 3.42. The van der Waals surface area contributed by atoms with Gasteiger partial charge in [0.2, 0.25) is 0 Å². The normalized spacial score (nSPS) is 15.1. The third-order valence-corrected chi connectivity index (χ3v) is 4.46. The molecule has 1 aliphatic rings. The molecule has 0 saturated heterocycles. The first-order valence-electron chi connectivity index (χ1n) is 7.61. The molecule has 0 aliphatic heterocycles. The number of benzene rings is 2. The van der Waals surface area contributed by atoms with Crippen LogP contribution in [0, 0.1) is 11.6 Å². The van der Waals surface area contributed by atoms with Crippen LogP contribution < -0.4 is 11.1 Å². The summed E-state index contributed by atoms with van der Waals surface area (Å²) in [5.41, 5.74) is 6.57. The van der Waals surface area contributed by atoms with Crippen molar-refractivity contribution in [3.8, 4) is 0 Å². The van der Waals surface area contributed by atoms with E-state index in [1.165, 1.54) is 12.1 Å². The van der Waals surface area contributed by atoms with Crippen molar-refractivity contribution in [3.05, 3.63) is 70.8 Å². The summed E-state index contributed by atoms with van der Waals surface area (Å²) in [4.78, 5) is 12.5. The molecule has 3 rings (SSSR count). The van der Waals surface area contributed by atoms with Crippen LogP contribution in [0.4, 0.5) is 8.78 Å². The predicted octanol–water partition coefficient (Wildman–Crippen LogP) is 3.65. The van der Waals surface area contributed by atoms with Gasteiger partial charge in [-0.2, -0.15) is 0 Å². The monoisotopic (exact) mass is 352 g/mol. The topological polar surface area (TPSA) is 55.1 Å². The lowest BCUT2D eigenvalue weighted by atomic mass is 9.71. The Labute approximate surface area is 145 Å². The quantitative estimate of drug-likeness (QED) is 0.882. The molecule has 0 unspecified atom stereocenters. The minimum absolute atomic E-state index is 0. The van der Waals surface area contributed by atoms with Gasteiger partial charge in [-0.3, -0.25) is 4.79 Å². The first-order chi connectivity index (χ1) is 11.0. The van der Waals surface area contributed by atoms with Crippen LogP contribution in [-0.4, -0.2) is 5.91 Å². The number of nitrogens with two attached hydrogens (primary N) is 1. The van der Waals surface area contributed by atoms with E-state index in [-0.39, 0.29) is 18.3 Å². The molecule has 0 heterocycles. The van der Waals surface area contributed by atoms with Crippen molar-refractivity contribution in [2.45, 2.75) is 31.3 Å². The second-order valence-corrected chi connectivity index (χ2v) is 5.92. The first kappa shape index (κ1) is 18.4. The Hall–Kier alpha value is -1.98.